The van der Waals surface area contributed by atoms with Crippen molar-refractivity contribution in [3.63, 3.8) is 0 Å². The average molecular weight is 314 g/mol. The second kappa shape index (κ2) is 4.66. The predicted octanol–water partition coefficient (Wildman–Crippen LogP) is 4.22. The SMILES string of the molecule is CC(=O)c1sc(-c2ccc(F)cc2Br)nc1C. The van der Waals surface area contributed by atoms with Crippen LogP contribution in [-0.2, 0) is 0 Å². The van der Waals surface area contributed by atoms with Crippen LogP contribution in [0.15, 0.2) is 22.7 Å². The van der Waals surface area contributed by atoms with Crippen LogP contribution in [0.2, 0.25) is 0 Å². The summed E-state index contributed by atoms with van der Waals surface area (Å²) in [6, 6.07) is 4.42. The first-order valence-corrected chi connectivity index (χ1v) is 6.54. The summed E-state index contributed by atoms with van der Waals surface area (Å²) in [6.07, 6.45) is 0. The molecule has 0 aliphatic carbocycles. The number of hydrogen-bond acceptors (Lipinski definition) is 3. The summed E-state index contributed by atoms with van der Waals surface area (Å²) in [5, 5.41) is 0.722. The van der Waals surface area contributed by atoms with Crippen LogP contribution in [0.4, 0.5) is 4.39 Å². The summed E-state index contributed by atoms with van der Waals surface area (Å²) in [7, 11) is 0. The van der Waals surface area contributed by atoms with E-state index in [2.05, 4.69) is 20.9 Å². The Bertz CT molecular complexity index is 594. The van der Waals surface area contributed by atoms with Crippen LogP contribution in [0.5, 0.6) is 0 Å². The van der Waals surface area contributed by atoms with Gasteiger partial charge >= 0.3 is 0 Å². The molecule has 0 fully saturated rings. The largest absolute Gasteiger partial charge is 0.294 e. The second-order valence-corrected chi connectivity index (χ2v) is 5.47. The number of nitrogens with zero attached hydrogens (tertiary/aromatic N) is 1. The molecule has 88 valence electrons. The number of aryl methyl sites for hydroxylation is 1. The van der Waals surface area contributed by atoms with Crippen LogP contribution in [0.25, 0.3) is 10.6 Å². The zero-order valence-electron chi connectivity index (χ0n) is 9.25. The van der Waals surface area contributed by atoms with Gasteiger partial charge in [-0.25, -0.2) is 9.37 Å². The molecule has 1 aromatic heterocycles. The number of halogens is 2. The number of ketones is 1. The van der Waals surface area contributed by atoms with Crippen molar-refractivity contribution in [2.75, 3.05) is 0 Å². The van der Waals surface area contributed by atoms with Gasteiger partial charge in [-0.05, 0) is 41.1 Å². The van der Waals surface area contributed by atoms with Crippen molar-refractivity contribution in [3.8, 4) is 10.6 Å². The fourth-order valence-electron chi connectivity index (χ4n) is 1.50. The summed E-state index contributed by atoms with van der Waals surface area (Å²) in [5.74, 6) is -0.301. The van der Waals surface area contributed by atoms with Crippen molar-refractivity contribution in [3.05, 3.63) is 39.1 Å². The van der Waals surface area contributed by atoms with Crippen molar-refractivity contribution >= 4 is 33.0 Å². The van der Waals surface area contributed by atoms with E-state index in [9.17, 15) is 9.18 Å². The number of Topliss-reactive ketones (excluding diaryl/α,β-unsaturated/α-hetero) is 1. The standard InChI is InChI=1S/C12H9BrFNOS/c1-6-11(7(2)16)17-12(15-6)9-4-3-8(14)5-10(9)13/h3-5H,1-2H3. The molecule has 5 heteroatoms. The van der Waals surface area contributed by atoms with Crippen molar-refractivity contribution in [2.45, 2.75) is 13.8 Å². The second-order valence-electron chi connectivity index (χ2n) is 3.61. The molecule has 0 N–H and O–H groups in total. The van der Waals surface area contributed by atoms with Gasteiger partial charge in [-0.2, -0.15) is 0 Å². The van der Waals surface area contributed by atoms with Crippen LogP contribution in [0, 0.1) is 12.7 Å². The first kappa shape index (κ1) is 12.4. The monoisotopic (exact) mass is 313 g/mol. The van der Waals surface area contributed by atoms with E-state index in [1.807, 2.05) is 0 Å². The Morgan fingerprint density at radius 2 is 2.18 bits per heavy atom. The van der Waals surface area contributed by atoms with E-state index in [4.69, 9.17) is 0 Å². The van der Waals surface area contributed by atoms with Gasteiger partial charge in [0.25, 0.3) is 0 Å². The predicted molar refractivity (Wildman–Crippen MR) is 69.9 cm³/mol. The molecule has 0 spiro atoms. The first-order chi connectivity index (χ1) is 7.99. The maximum atomic E-state index is 13.0. The Labute approximate surface area is 111 Å². The van der Waals surface area contributed by atoms with E-state index in [1.165, 1.54) is 30.4 Å². The maximum absolute atomic E-state index is 13.0. The van der Waals surface area contributed by atoms with E-state index >= 15 is 0 Å². The zero-order valence-corrected chi connectivity index (χ0v) is 11.7. The Kier molecular flexibility index (Phi) is 3.40. The van der Waals surface area contributed by atoms with Crippen molar-refractivity contribution in [2.24, 2.45) is 0 Å². The lowest BCUT2D eigenvalue weighted by molar-refractivity contribution is 0.102. The molecule has 0 saturated carbocycles. The fraction of sp³-hybridized carbons (Fsp3) is 0.167. The van der Waals surface area contributed by atoms with Crippen LogP contribution in [0.3, 0.4) is 0 Å². The molecule has 0 aliphatic rings. The normalized spacial score (nSPS) is 10.6. The number of hydrogen-bond donors (Lipinski definition) is 0. The molecule has 0 saturated heterocycles. The van der Waals surface area contributed by atoms with E-state index < -0.39 is 0 Å². The number of carbonyl (C=O) groups is 1. The Morgan fingerprint density at radius 3 is 2.71 bits per heavy atom. The number of thiazole rings is 1. The molecule has 2 nitrogen and oxygen atoms in total. The maximum Gasteiger partial charge on any atom is 0.171 e. The van der Waals surface area contributed by atoms with E-state index in [0.29, 0.717) is 15.0 Å². The molecular formula is C12H9BrFNOS. The van der Waals surface area contributed by atoms with Gasteiger partial charge in [-0.1, -0.05) is 0 Å². The lowest BCUT2D eigenvalue weighted by Crippen LogP contribution is -1.89. The zero-order chi connectivity index (χ0) is 12.6. The highest BCUT2D eigenvalue weighted by Crippen LogP contribution is 2.33. The molecule has 1 aromatic carbocycles. The van der Waals surface area contributed by atoms with Crippen molar-refractivity contribution in [1.82, 2.24) is 4.98 Å². The highest BCUT2D eigenvalue weighted by molar-refractivity contribution is 9.10. The lowest BCUT2D eigenvalue weighted by Gasteiger charge is -1.99. The third-order valence-electron chi connectivity index (χ3n) is 2.28. The van der Waals surface area contributed by atoms with Gasteiger partial charge in [0, 0.05) is 17.0 Å². The smallest absolute Gasteiger partial charge is 0.171 e. The van der Waals surface area contributed by atoms with Gasteiger partial charge in [-0.15, -0.1) is 11.3 Å². The van der Waals surface area contributed by atoms with Crippen molar-refractivity contribution in [1.29, 1.82) is 0 Å². The third-order valence-corrected chi connectivity index (χ3v) is 4.23. The number of carbonyl (C=O) groups excluding carboxylic acids is 1. The fourth-order valence-corrected chi connectivity index (χ4v) is 3.17. The molecule has 0 unspecified atom stereocenters. The summed E-state index contributed by atoms with van der Waals surface area (Å²) in [5.41, 5.74) is 1.51. The highest BCUT2D eigenvalue weighted by Gasteiger charge is 2.14. The minimum Gasteiger partial charge on any atom is -0.294 e. The van der Waals surface area contributed by atoms with Crippen LogP contribution in [-0.4, -0.2) is 10.8 Å². The number of rotatable bonds is 2. The summed E-state index contributed by atoms with van der Waals surface area (Å²) in [6.45, 7) is 3.32. The molecular weight excluding hydrogens is 305 g/mol. The summed E-state index contributed by atoms with van der Waals surface area (Å²) >= 11 is 4.62. The minimum absolute atomic E-state index is 0.00415. The first-order valence-electron chi connectivity index (χ1n) is 4.93. The molecule has 0 radical (unpaired) electrons. The molecule has 2 aromatic rings. The van der Waals surface area contributed by atoms with E-state index in [0.717, 1.165) is 10.6 Å². The summed E-state index contributed by atoms with van der Waals surface area (Å²) < 4.78 is 13.6. The molecule has 0 bridgehead atoms. The van der Waals surface area contributed by atoms with E-state index in [1.54, 1.807) is 13.0 Å². The highest BCUT2D eigenvalue weighted by atomic mass is 79.9. The Balaban J connectivity index is 2.53. The number of aromatic nitrogens is 1. The van der Waals surface area contributed by atoms with Crippen LogP contribution < -0.4 is 0 Å². The van der Waals surface area contributed by atoms with E-state index in [-0.39, 0.29) is 11.6 Å². The topological polar surface area (TPSA) is 30.0 Å². The number of benzene rings is 1. The Hall–Kier alpha value is -1.07. The molecule has 17 heavy (non-hydrogen) atoms. The quantitative estimate of drug-likeness (QED) is 0.777. The van der Waals surface area contributed by atoms with Gasteiger partial charge in [0.1, 0.15) is 10.8 Å². The summed E-state index contributed by atoms with van der Waals surface area (Å²) in [4.78, 5) is 16.3. The molecule has 0 aliphatic heterocycles. The van der Waals surface area contributed by atoms with Gasteiger partial charge in [-0.3, -0.25) is 4.79 Å². The van der Waals surface area contributed by atoms with Gasteiger partial charge < -0.3 is 0 Å². The van der Waals surface area contributed by atoms with Crippen LogP contribution >= 0.6 is 27.3 Å². The third kappa shape index (κ3) is 2.45. The lowest BCUT2D eigenvalue weighted by atomic mass is 10.2. The molecule has 0 atom stereocenters. The average Bonchev–Trinajstić information content (AvgIpc) is 2.60. The van der Waals surface area contributed by atoms with Crippen LogP contribution in [0.1, 0.15) is 22.3 Å². The molecule has 1 heterocycles. The van der Waals surface area contributed by atoms with Crippen molar-refractivity contribution < 1.29 is 9.18 Å². The Morgan fingerprint density at radius 1 is 1.47 bits per heavy atom. The van der Waals surface area contributed by atoms with Gasteiger partial charge in [0.2, 0.25) is 0 Å². The van der Waals surface area contributed by atoms with Gasteiger partial charge in [0.15, 0.2) is 5.78 Å². The van der Waals surface area contributed by atoms with Gasteiger partial charge in [0.05, 0.1) is 10.6 Å². The minimum atomic E-state index is -0.305. The molecule has 2 rings (SSSR count). The molecule has 0 amide bonds.